The van der Waals surface area contributed by atoms with Crippen LogP contribution in [0.15, 0.2) is 72.1 Å². The molecule has 0 bridgehead atoms. The zero-order chi connectivity index (χ0) is 21.8. The first-order valence-electron chi connectivity index (χ1n) is 10.8. The Labute approximate surface area is 191 Å². The third-order valence-electron chi connectivity index (χ3n) is 5.70. The molecule has 3 heterocycles. The van der Waals surface area contributed by atoms with Crippen LogP contribution in [0.5, 0.6) is 0 Å². The molecule has 0 radical (unpaired) electrons. The van der Waals surface area contributed by atoms with E-state index in [0.29, 0.717) is 13.1 Å². The van der Waals surface area contributed by atoms with Crippen LogP contribution in [0.2, 0.25) is 0 Å². The number of piperazine rings is 1. The number of nitrogens with one attached hydrogen (secondary N) is 1. The van der Waals surface area contributed by atoms with E-state index in [1.807, 2.05) is 54.6 Å². The third kappa shape index (κ3) is 4.64. The van der Waals surface area contributed by atoms with Crippen LogP contribution in [0.4, 0.5) is 5.82 Å². The second kappa shape index (κ2) is 9.46. The lowest BCUT2D eigenvalue weighted by atomic mass is 10.2. The first-order valence-corrected chi connectivity index (χ1v) is 11.7. The van der Waals surface area contributed by atoms with Crippen LogP contribution in [0.1, 0.15) is 5.56 Å². The van der Waals surface area contributed by atoms with Crippen molar-refractivity contribution in [3.63, 3.8) is 0 Å². The number of hydrogen-bond donors (Lipinski definition) is 1. The molecule has 1 N–H and O–H groups in total. The Morgan fingerprint density at radius 1 is 0.906 bits per heavy atom. The summed E-state index contributed by atoms with van der Waals surface area (Å²) in [6.07, 6.45) is 0. The lowest BCUT2D eigenvalue weighted by Gasteiger charge is -2.35. The molecule has 4 aromatic rings. The summed E-state index contributed by atoms with van der Waals surface area (Å²) in [6.45, 7) is 4.30. The molecule has 5 rings (SSSR count). The molecule has 1 amide bonds. The van der Waals surface area contributed by atoms with Gasteiger partial charge in [-0.2, -0.15) is 0 Å². The van der Waals surface area contributed by atoms with Gasteiger partial charge in [-0.05, 0) is 29.1 Å². The average molecular weight is 444 g/mol. The van der Waals surface area contributed by atoms with Crippen molar-refractivity contribution in [2.75, 3.05) is 37.6 Å². The number of benzene rings is 2. The number of anilines is 1. The second-order valence-electron chi connectivity index (χ2n) is 7.89. The largest absolute Gasteiger partial charge is 0.353 e. The summed E-state index contributed by atoms with van der Waals surface area (Å²) in [5.74, 6) is 1.82. The molecule has 162 valence electrons. The predicted molar refractivity (Wildman–Crippen MR) is 130 cm³/mol. The molecule has 2 aromatic carbocycles. The first-order chi connectivity index (χ1) is 15.8. The third-order valence-corrected chi connectivity index (χ3v) is 6.56. The predicted octanol–water partition coefficient (Wildman–Crippen LogP) is 3.80. The van der Waals surface area contributed by atoms with Gasteiger partial charge in [-0.1, -0.05) is 48.5 Å². The van der Waals surface area contributed by atoms with Crippen molar-refractivity contribution in [3.05, 3.63) is 77.7 Å². The van der Waals surface area contributed by atoms with Crippen LogP contribution in [-0.4, -0.2) is 53.5 Å². The number of nitrogens with zero attached hydrogens (tertiary/aromatic N) is 4. The van der Waals surface area contributed by atoms with E-state index in [-0.39, 0.29) is 5.91 Å². The minimum absolute atomic E-state index is 0.0646. The molecule has 0 atom stereocenters. The Balaban J connectivity index is 1.24. The van der Waals surface area contributed by atoms with Crippen molar-refractivity contribution in [2.45, 2.75) is 6.54 Å². The Morgan fingerprint density at radius 2 is 1.69 bits per heavy atom. The molecule has 0 aliphatic carbocycles. The molecule has 7 heteroatoms. The number of aromatic nitrogens is 2. The van der Waals surface area contributed by atoms with Gasteiger partial charge in [0.2, 0.25) is 5.91 Å². The topological polar surface area (TPSA) is 61.4 Å². The lowest BCUT2D eigenvalue weighted by Crippen LogP contribution is -2.49. The normalized spacial score (nSPS) is 14.6. The highest BCUT2D eigenvalue weighted by molar-refractivity contribution is 7.13. The minimum atomic E-state index is 0.0646. The van der Waals surface area contributed by atoms with Gasteiger partial charge in [-0.15, -0.1) is 11.3 Å². The number of hydrogen-bond acceptors (Lipinski definition) is 6. The summed E-state index contributed by atoms with van der Waals surface area (Å²) in [7, 11) is 0. The zero-order valence-electron chi connectivity index (χ0n) is 17.8. The Morgan fingerprint density at radius 3 is 2.47 bits per heavy atom. The van der Waals surface area contributed by atoms with E-state index in [1.54, 1.807) is 11.3 Å². The van der Waals surface area contributed by atoms with Crippen LogP contribution in [0.25, 0.3) is 21.6 Å². The SMILES string of the molecule is O=C(CN1CCN(c2nc(-c3cccs3)nc3ccccc23)CC1)NCc1ccccc1. The number of carbonyl (C=O) groups is 1. The van der Waals surface area contributed by atoms with Gasteiger partial charge in [-0.3, -0.25) is 9.69 Å². The summed E-state index contributed by atoms with van der Waals surface area (Å²) < 4.78 is 0. The molecule has 32 heavy (non-hydrogen) atoms. The van der Waals surface area contributed by atoms with E-state index in [0.717, 1.165) is 59.2 Å². The highest BCUT2D eigenvalue weighted by Crippen LogP contribution is 2.30. The van der Waals surface area contributed by atoms with Crippen molar-refractivity contribution >= 4 is 34.0 Å². The highest BCUT2D eigenvalue weighted by atomic mass is 32.1. The summed E-state index contributed by atoms with van der Waals surface area (Å²) in [6, 6.07) is 22.3. The second-order valence-corrected chi connectivity index (χ2v) is 8.84. The van der Waals surface area contributed by atoms with Crippen LogP contribution in [0, 0.1) is 0 Å². The number of para-hydroxylation sites is 1. The van der Waals surface area contributed by atoms with Gasteiger partial charge in [0.1, 0.15) is 5.82 Å². The van der Waals surface area contributed by atoms with Gasteiger partial charge in [-0.25, -0.2) is 9.97 Å². The molecule has 1 saturated heterocycles. The smallest absolute Gasteiger partial charge is 0.234 e. The summed E-state index contributed by atoms with van der Waals surface area (Å²) in [5.41, 5.74) is 2.08. The molecule has 0 spiro atoms. The Hall–Kier alpha value is -3.29. The number of thiophene rings is 1. The number of fused-ring (bicyclic) bond motifs is 1. The molecule has 0 unspecified atom stereocenters. The Kier molecular flexibility index (Phi) is 6.09. The van der Waals surface area contributed by atoms with E-state index in [2.05, 4.69) is 32.6 Å². The van der Waals surface area contributed by atoms with E-state index in [9.17, 15) is 4.79 Å². The quantitative estimate of drug-likeness (QED) is 0.491. The van der Waals surface area contributed by atoms with Crippen molar-refractivity contribution in [2.24, 2.45) is 0 Å². The van der Waals surface area contributed by atoms with E-state index in [1.165, 1.54) is 0 Å². The van der Waals surface area contributed by atoms with Crippen LogP contribution in [0.3, 0.4) is 0 Å². The van der Waals surface area contributed by atoms with Gasteiger partial charge >= 0.3 is 0 Å². The fourth-order valence-corrected chi connectivity index (χ4v) is 4.65. The number of rotatable bonds is 6. The molecule has 1 aliphatic heterocycles. The van der Waals surface area contributed by atoms with E-state index in [4.69, 9.17) is 9.97 Å². The number of carbonyl (C=O) groups excluding carboxylic acids is 1. The van der Waals surface area contributed by atoms with Crippen molar-refractivity contribution in [3.8, 4) is 10.7 Å². The molecular formula is C25H25N5OS. The standard InChI is InChI=1S/C25H25N5OS/c31-23(26-17-19-7-2-1-3-8-19)18-29-12-14-30(15-13-29)25-20-9-4-5-10-21(20)27-24(28-25)22-11-6-16-32-22/h1-11,16H,12-15,17-18H2,(H,26,31). The fraction of sp³-hybridized carbons (Fsp3) is 0.240. The van der Waals surface area contributed by atoms with Gasteiger partial charge in [0, 0.05) is 38.1 Å². The monoisotopic (exact) mass is 443 g/mol. The maximum absolute atomic E-state index is 12.4. The summed E-state index contributed by atoms with van der Waals surface area (Å²) in [4.78, 5) is 27.7. The molecule has 1 fully saturated rings. The van der Waals surface area contributed by atoms with Crippen molar-refractivity contribution in [1.82, 2.24) is 20.2 Å². The molecule has 6 nitrogen and oxygen atoms in total. The highest BCUT2D eigenvalue weighted by Gasteiger charge is 2.22. The van der Waals surface area contributed by atoms with E-state index < -0.39 is 0 Å². The fourth-order valence-electron chi connectivity index (χ4n) is 3.99. The van der Waals surface area contributed by atoms with Gasteiger partial charge in [0.15, 0.2) is 5.82 Å². The average Bonchev–Trinajstić information content (AvgIpc) is 3.38. The van der Waals surface area contributed by atoms with Gasteiger partial charge in [0.25, 0.3) is 0 Å². The van der Waals surface area contributed by atoms with Crippen LogP contribution < -0.4 is 10.2 Å². The molecular weight excluding hydrogens is 418 g/mol. The molecule has 0 saturated carbocycles. The Bertz CT molecular complexity index is 1190. The lowest BCUT2D eigenvalue weighted by molar-refractivity contribution is -0.122. The maximum atomic E-state index is 12.4. The minimum Gasteiger partial charge on any atom is -0.353 e. The first kappa shape index (κ1) is 20.6. The van der Waals surface area contributed by atoms with Crippen molar-refractivity contribution < 1.29 is 4.79 Å². The van der Waals surface area contributed by atoms with Crippen molar-refractivity contribution in [1.29, 1.82) is 0 Å². The zero-order valence-corrected chi connectivity index (χ0v) is 18.6. The van der Waals surface area contributed by atoms with Gasteiger partial charge < -0.3 is 10.2 Å². The summed E-state index contributed by atoms with van der Waals surface area (Å²) in [5, 5.41) is 6.14. The number of amides is 1. The molecule has 1 aliphatic rings. The summed E-state index contributed by atoms with van der Waals surface area (Å²) >= 11 is 1.65. The van der Waals surface area contributed by atoms with Crippen LogP contribution in [-0.2, 0) is 11.3 Å². The van der Waals surface area contributed by atoms with E-state index >= 15 is 0 Å². The maximum Gasteiger partial charge on any atom is 0.234 e. The van der Waals surface area contributed by atoms with Crippen LogP contribution >= 0.6 is 11.3 Å². The van der Waals surface area contributed by atoms with Gasteiger partial charge in [0.05, 0.1) is 16.9 Å². The molecule has 2 aromatic heterocycles.